The fourth-order valence-electron chi connectivity index (χ4n) is 2.58. The van der Waals surface area contributed by atoms with E-state index in [4.69, 9.17) is 0 Å². The molecule has 1 amide bonds. The first kappa shape index (κ1) is 24.0. The van der Waals surface area contributed by atoms with Crippen molar-refractivity contribution < 1.29 is 29.3 Å². The number of hydrogen-bond donors (Lipinski definition) is 3. The number of carbonyl (C=O) groups is 3. The van der Waals surface area contributed by atoms with Gasteiger partial charge >= 0.3 is 11.9 Å². The van der Waals surface area contributed by atoms with Gasteiger partial charge in [0.25, 0.3) is 0 Å². The topological polar surface area (TPSA) is 113 Å². The van der Waals surface area contributed by atoms with E-state index in [0.717, 1.165) is 17.7 Å². The number of amides is 1. The summed E-state index contributed by atoms with van der Waals surface area (Å²) < 4.78 is 4.45. The second-order valence-electron chi connectivity index (χ2n) is 6.55. The minimum absolute atomic E-state index is 0.352. The molecule has 0 saturated carbocycles. The van der Waals surface area contributed by atoms with E-state index in [2.05, 4.69) is 10.1 Å². The van der Waals surface area contributed by atoms with Gasteiger partial charge in [-0.1, -0.05) is 25.8 Å². The van der Waals surface area contributed by atoms with Crippen LogP contribution in [0.25, 0.3) is 0 Å². The highest BCUT2D eigenvalue weighted by atomic mass is 32.2. The van der Waals surface area contributed by atoms with Gasteiger partial charge in [-0.3, -0.25) is 14.4 Å². The number of anilines is 1. The van der Waals surface area contributed by atoms with E-state index in [-0.39, 0.29) is 6.42 Å². The van der Waals surface area contributed by atoms with E-state index in [1.54, 1.807) is 18.2 Å². The lowest BCUT2D eigenvalue weighted by Gasteiger charge is -2.15. The number of ether oxygens (including phenoxy) is 1. The highest BCUT2D eigenvalue weighted by molar-refractivity contribution is 7.99. The van der Waals surface area contributed by atoms with E-state index in [0.29, 0.717) is 30.7 Å². The molecule has 0 bridgehead atoms. The average Bonchev–Trinajstić information content (AvgIpc) is 2.66. The molecule has 2 atom stereocenters. The molecule has 8 heteroatoms. The Hall–Kier alpha value is -2.06. The highest BCUT2D eigenvalue weighted by Gasteiger charge is 2.18. The third kappa shape index (κ3) is 9.75. The van der Waals surface area contributed by atoms with E-state index < -0.39 is 29.9 Å². The van der Waals surface area contributed by atoms with Gasteiger partial charge in [0.05, 0.1) is 19.1 Å². The highest BCUT2D eigenvalue weighted by Crippen LogP contribution is 2.24. The standard InChI is InChI=1S/C20H29NO6S/c1-3-4-6-14(20(25)26)9-10-16(22)13-28-17-8-5-7-15(11-17)21-18(23)12-19(24)27-2/h5,7-8,11,14,16,22H,3-4,6,9-10,12-13H2,1-2H3,(H,21,23)(H,25,26)/t14-,16-/m1/s1. The predicted molar refractivity (Wildman–Crippen MR) is 108 cm³/mol. The number of nitrogens with one attached hydrogen (secondary N) is 1. The van der Waals surface area contributed by atoms with Gasteiger partial charge in [0.2, 0.25) is 5.91 Å². The normalized spacial score (nSPS) is 12.8. The number of aliphatic hydroxyl groups excluding tert-OH is 1. The van der Waals surface area contributed by atoms with Gasteiger partial charge < -0.3 is 20.3 Å². The third-order valence-corrected chi connectivity index (χ3v) is 5.34. The predicted octanol–water partition coefficient (Wildman–Crippen LogP) is 3.31. The molecule has 0 aliphatic rings. The molecule has 0 fully saturated rings. The Labute approximate surface area is 169 Å². The summed E-state index contributed by atoms with van der Waals surface area (Å²) >= 11 is 1.43. The summed E-state index contributed by atoms with van der Waals surface area (Å²) in [5, 5.41) is 22.0. The van der Waals surface area contributed by atoms with Crippen LogP contribution < -0.4 is 5.32 Å². The Balaban J connectivity index is 2.46. The minimum atomic E-state index is -0.802. The summed E-state index contributed by atoms with van der Waals surface area (Å²) in [6.07, 6.45) is 2.40. The van der Waals surface area contributed by atoms with Crippen LogP contribution in [0.3, 0.4) is 0 Å². The second kappa shape index (κ2) is 13.2. The Kier molecular flexibility index (Phi) is 11.3. The molecule has 1 aromatic rings. The molecule has 0 heterocycles. The smallest absolute Gasteiger partial charge is 0.315 e. The Morgan fingerprint density at radius 1 is 1.21 bits per heavy atom. The van der Waals surface area contributed by atoms with Crippen LogP contribution in [0, 0.1) is 5.92 Å². The molecule has 0 radical (unpaired) electrons. The SMILES string of the molecule is CCCC[C@H](CC[C@@H](O)CSc1cccc(NC(=O)CC(=O)OC)c1)C(=O)O. The van der Waals surface area contributed by atoms with Gasteiger partial charge in [-0.25, -0.2) is 0 Å². The number of carbonyl (C=O) groups excluding carboxylic acids is 2. The van der Waals surface area contributed by atoms with Crippen LogP contribution in [0.15, 0.2) is 29.2 Å². The monoisotopic (exact) mass is 411 g/mol. The molecule has 7 nitrogen and oxygen atoms in total. The Bertz CT molecular complexity index is 651. The minimum Gasteiger partial charge on any atom is -0.481 e. The molecule has 1 aromatic carbocycles. The summed E-state index contributed by atoms with van der Waals surface area (Å²) in [5.41, 5.74) is 0.555. The van der Waals surface area contributed by atoms with Crippen LogP contribution in [0.5, 0.6) is 0 Å². The molecule has 1 rings (SSSR count). The van der Waals surface area contributed by atoms with E-state index in [1.165, 1.54) is 18.9 Å². The maximum Gasteiger partial charge on any atom is 0.315 e. The second-order valence-corrected chi connectivity index (χ2v) is 7.64. The molecule has 0 spiro atoms. The zero-order chi connectivity index (χ0) is 20.9. The van der Waals surface area contributed by atoms with E-state index in [1.807, 2.05) is 13.0 Å². The first-order valence-corrected chi connectivity index (χ1v) is 10.3. The molecule has 3 N–H and O–H groups in total. The molecule has 0 aliphatic carbocycles. The van der Waals surface area contributed by atoms with Crippen molar-refractivity contribution in [3.8, 4) is 0 Å². The van der Waals surface area contributed by atoms with Gasteiger partial charge in [0.15, 0.2) is 0 Å². The number of aliphatic carboxylic acids is 1. The van der Waals surface area contributed by atoms with Gasteiger partial charge in [-0.05, 0) is 37.5 Å². The lowest BCUT2D eigenvalue weighted by Crippen LogP contribution is -2.18. The lowest BCUT2D eigenvalue weighted by atomic mass is 9.96. The van der Waals surface area contributed by atoms with Crippen molar-refractivity contribution in [3.63, 3.8) is 0 Å². The fourth-order valence-corrected chi connectivity index (χ4v) is 3.52. The van der Waals surface area contributed by atoms with Crippen LogP contribution in [-0.4, -0.2) is 47.0 Å². The molecule has 0 saturated heterocycles. The number of thioether (sulfide) groups is 1. The quantitative estimate of drug-likeness (QED) is 0.259. The van der Waals surface area contributed by atoms with E-state index in [9.17, 15) is 24.6 Å². The van der Waals surface area contributed by atoms with Crippen molar-refractivity contribution in [2.24, 2.45) is 5.92 Å². The van der Waals surface area contributed by atoms with Crippen LogP contribution >= 0.6 is 11.8 Å². The molecule has 156 valence electrons. The van der Waals surface area contributed by atoms with Crippen molar-refractivity contribution in [1.82, 2.24) is 0 Å². The number of rotatable bonds is 13. The number of aliphatic hydroxyl groups is 1. The summed E-state index contributed by atoms with van der Waals surface area (Å²) in [6, 6.07) is 7.09. The summed E-state index contributed by atoms with van der Waals surface area (Å²) in [6.45, 7) is 2.02. The van der Waals surface area contributed by atoms with Gasteiger partial charge in [-0.15, -0.1) is 11.8 Å². The van der Waals surface area contributed by atoms with Crippen LogP contribution in [0.2, 0.25) is 0 Å². The van der Waals surface area contributed by atoms with Gasteiger partial charge in [0, 0.05) is 16.3 Å². The maximum absolute atomic E-state index is 11.7. The lowest BCUT2D eigenvalue weighted by molar-refractivity contribution is -0.143. The van der Waals surface area contributed by atoms with Crippen molar-refractivity contribution in [2.45, 2.75) is 56.4 Å². The maximum atomic E-state index is 11.7. The zero-order valence-corrected chi connectivity index (χ0v) is 17.2. The molecular formula is C20H29NO6S. The third-order valence-electron chi connectivity index (χ3n) is 4.20. The molecular weight excluding hydrogens is 382 g/mol. The number of carboxylic acid groups (broad SMARTS) is 1. The van der Waals surface area contributed by atoms with Gasteiger partial charge in [-0.2, -0.15) is 0 Å². The first-order valence-electron chi connectivity index (χ1n) is 9.36. The van der Waals surface area contributed by atoms with Crippen molar-refractivity contribution in [2.75, 3.05) is 18.2 Å². The van der Waals surface area contributed by atoms with Crippen molar-refractivity contribution in [1.29, 1.82) is 0 Å². The zero-order valence-electron chi connectivity index (χ0n) is 16.3. The molecule has 0 aromatic heterocycles. The number of carboxylic acids is 1. The first-order chi connectivity index (χ1) is 13.3. The molecule has 0 unspecified atom stereocenters. The summed E-state index contributed by atoms with van der Waals surface area (Å²) in [4.78, 5) is 35.0. The fraction of sp³-hybridized carbons (Fsp3) is 0.550. The summed E-state index contributed by atoms with van der Waals surface area (Å²) in [5.74, 6) is -1.85. The van der Waals surface area contributed by atoms with Gasteiger partial charge in [0.1, 0.15) is 6.42 Å². The summed E-state index contributed by atoms with van der Waals surface area (Å²) in [7, 11) is 1.22. The number of methoxy groups -OCH3 is 1. The molecule has 28 heavy (non-hydrogen) atoms. The molecule has 0 aliphatic heterocycles. The number of benzene rings is 1. The van der Waals surface area contributed by atoms with Crippen molar-refractivity contribution >= 4 is 35.3 Å². The van der Waals surface area contributed by atoms with Crippen LogP contribution in [0.4, 0.5) is 5.69 Å². The van der Waals surface area contributed by atoms with Crippen LogP contribution in [-0.2, 0) is 19.1 Å². The Morgan fingerprint density at radius 2 is 1.96 bits per heavy atom. The number of esters is 1. The van der Waals surface area contributed by atoms with Crippen molar-refractivity contribution in [3.05, 3.63) is 24.3 Å². The largest absolute Gasteiger partial charge is 0.481 e. The number of hydrogen-bond acceptors (Lipinski definition) is 6. The number of unbranched alkanes of at least 4 members (excludes halogenated alkanes) is 1. The Morgan fingerprint density at radius 3 is 2.61 bits per heavy atom. The average molecular weight is 412 g/mol. The van der Waals surface area contributed by atoms with Crippen LogP contribution in [0.1, 0.15) is 45.4 Å². The van der Waals surface area contributed by atoms with E-state index >= 15 is 0 Å².